The molecule has 0 rings (SSSR count). The van der Waals surface area contributed by atoms with Crippen LogP contribution >= 0.6 is 0 Å². The van der Waals surface area contributed by atoms with Crippen LogP contribution in [0.3, 0.4) is 0 Å². The van der Waals surface area contributed by atoms with Gasteiger partial charge in [0, 0.05) is 0 Å². The number of hydrogen-bond donors (Lipinski definition) is 0. The summed E-state index contributed by atoms with van der Waals surface area (Å²) in [5.74, 6) is 0. The van der Waals surface area contributed by atoms with Crippen LogP contribution in [0.2, 0.25) is 18.1 Å². The summed E-state index contributed by atoms with van der Waals surface area (Å²) in [7, 11) is -0.180. The van der Waals surface area contributed by atoms with Gasteiger partial charge >= 0.3 is 0 Å². The lowest BCUT2D eigenvalue weighted by Gasteiger charge is -2.22. The Morgan fingerprint density at radius 1 is 1.38 bits per heavy atom. The highest BCUT2D eigenvalue weighted by molar-refractivity contribution is 6.59. The van der Waals surface area contributed by atoms with E-state index in [0.717, 1.165) is 0 Å². The number of allylic oxidation sites excluding steroid dienone is 1. The molecule has 0 aliphatic carbocycles. The van der Waals surface area contributed by atoms with Gasteiger partial charge in [0.1, 0.15) is 0 Å². The van der Waals surface area contributed by atoms with Gasteiger partial charge in [-0.3, -0.25) is 0 Å². The molecule has 0 atom stereocenters. The van der Waals surface area contributed by atoms with Gasteiger partial charge in [0.2, 0.25) is 0 Å². The molecule has 0 amide bonds. The fraction of sp³-hybridized carbons (Fsp3) is 0.714. The van der Waals surface area contributed by atoms with Gasteiger partial charge in [0.25, 0.3) is 0 Å². The van der Waals surface area contributed by atoms with Crippen molar-refractivity contribution in [3.8, 4) is 0 Å². The maximum Gasteiger partial charge on any atom is 0.0523 e. The Morgan fingerprint density at radius 3 is 1.75 bits per heavy atom. The molecule has 0 nitrogen and oxygen atoms in total. The molecule has 1 heteroatoms. The van der Waals surface area contributed by atoms with Crippen molar-refractivity contribution in [3.05, 3.63) is 12.7 Å². The first-order chi connectivity index (χ1) is 3.50. The van der Waals surface area contributed by atoms with Gasteiger partial charge in [0.15, 0.2) is 0 Å². The molecule has 0 unspecified atom stereocenters. The van der Waals surface area contributed by atoms with Crippen molar-refractivity contribution in [3.63, 3.8) is 0 Å². The molecule has 0 saturated carbocycles. The van der Waals surface area contributed by atoms with Crippen LogP contribution < -0.4 is 0 Å². The van der Waals surface area contributed by atoms with Crippen LogP contribution in [0.4, 0.5) is 0 Å². The van der Waals surface area contributed by atoms with Crippen molar-refractivity contribution in [2.45, 2.75) is 32.0 Å². The molecule has 0 bridgehead atoms. The average molecular weight is 127 g/mol. The summed E-state index contributed by atoms with van der Waals surface area (Å²) in [5.41, 5.74) is 0. The lowest BCUT2D eigenvalue weighted by molar-refractivity contribution is 0.835. The minimum atomic E-state index is -0.180. The van der Waals surface area contributed by atoms with E-state index in [1.165, 1.54) is 0 Å². The maximum atomic E-state index is 3.78. The Morgan fingerprint density at radius 2 is 1.75 bits per heavy atom. The van der Waals surface area contributed by atoms with E-state index >= 15 is 0 Å². The smallest absolute Gasteiger partial charge is 0.0523 e. The summed E-state index contributed by atoms with van der Waals surface area (Å²) in [6.45, 7) is 12.9. The third-order valence-electron chi connectivity index (χ3n) is 1.80. The van der Waals surface area contributed by atoms with Crippen LogP contribution in [-0.4, -0.2) is 8.80 Å². The topological polar surface area (TPSA) is 0 Å². The first-order valence-electron chi connectivity index (χ1n) is 2.95. The quantitative estimate of drug-likeness (QED) is 0.395. The van der Waals surface area contributed by atoms with Gasteiger partial charge in [-0.2, -0.15) is 0 Å². The van der Waals surface area contributed by atoms with Gasteiger partial charge < -0.3 is 0 Å². The lowest BCUT2D eigenvalue weighted by Crippen LogP contribution is -2.17. The highest BCUT2D eigenvalue weighted by Gasteiger charge is 2.18. The second-order valence-electron chi connectivity index (χ2n) is 2.93. The van der Waals surface area contributed by atoms with Gasteiger partial charge in [-0.15, -0.1) is 6.58 Å². The van der Waals surface area contributed by atoms with E-state index in [1.54, 1.807) is 0 Å². The molecule has 0 aliphatic rings. The zero-order valence-electron chi connectivity index (χ0n) is 6.28. The zero-order valence-corrected chi connectivity index (χ0v) is 7.28. The van der Waals surface area contributed by atoms with E-state index < -0.39 is 0 Å². The summed E-state index contributed by atoms with van der Waals surface area (Å²) in [5, 5.41) is 0.407. The molecule has 47 valence electrons. The first-order valence-corrected chi connectivity index (χ1v) is 5.45. The molecule has 0 aromatic rings. The minimum Gasteiger partial charge on any atom is -0.103 e. The van der Waals surface area contributed by atoms with E-state index in [9.17, 15) is 0 Å². The predicted octanol–water partition coefficient (Wildman–Crippen LogP) is 2.71. The summed E-state index contributed by atoms with van der Waals surface area (Å²) < 4.78 is 0. The van der Waals surface area contributed by atoms with Gasteiger partial charge in [0.05, 0.1) is 8.80 Å². The third kappa shape index (κ3) is 1.82. The second kappa shape index (κ2) is 2.49. The average Bonchev–Trinajstić information content (AvgIpc) is 1.67. The lowest BCUT2D eigenvalue weighted by atomic mass is 10.2. The molecule has 0 N–H and O–H groups in total. The van der Waals surface area contributed by atoms with Crippen molar-refractivity contribution < 1.29 is 0 Å². The molecule has 0 aliphatic heterocycles. The Balaban J connectivity index is 3.90. The summed E-state index contributed by atoms with van der Waals surface area (Å²) in [6.07, 6.45) is 2.06. The van der Waals surface area contributed by atoms with E-state index in [0.29, 0.717) is 5.04 Å². The van der Waals surface area contributed by atoms with Crippen LogP contribution in [0.1, 0.15) is 13.8 Å². The van der Waals surface area contributed by atoms with E-state index in [1.807, 2.05) is 0 Å². The van der Waals surface area contributed by atoms with Crippen LogP contribution in [0.5, 0.6) is 0 Å². The Hall–Kier alpha value is -0.0431. The first kappa shape index (κ1) is 7.96. The van der Waals surface area contributed by atoms with Crippen molar-refractivity contribution in [1.82, 2.24) is 0 Å². The molecular weight excluding hydrogens is 112 g/mol. The maximum absolute atomic E-state index is 3.78. The number of rotatable bonds is 2. The second-order valence-corrected chi connectivity index (χ2v) is 6.21. The van der Waals surface area contributed by atoms with Crippen molar-refractivity contribution in [1.29, 1.82) is 0 Å². The van der Waals surface area contributed by atoms with Crippen LogP contribution in [0.25, 0.3) is 0 Å². The molecule has 0 fully saturated rings. The summed E-state index contributed by atoms with van der Waals surface area (Å²) >= 11 is 0. The van der Waals surface area contributed by atoms with Crippen molar-refractivity contribution >= 4 is 8.80 Å². The Labute approximate surface area is 54.2 Å². The van der Waals surface area contributed by atoms with Crippen LogP contribution in [0, 0.1) is 0 Å². The summed E-state index contributed by atoms with van der Waals surface area (Å²) in [6, 6.07) is 0. The van der Waals surface area contributed by atoms with Gasteiger partial charge in [-0.05, 0) is 5.04 Å². The van der Waals surface area contributed by atoms with Crippen LogP contribution in [0.15, 0.2) is 12.7 Å². The van der Waals surface area contributed by atoms with E-state index in [2.05, 4.69) is 39.6 Å². The molecule has 0 aromatic heterocycles. The Kier molecular flexibility index (Phi) is 2.48. The molecule has 0 aromatic carbocycles. The highest BCUT2D eigenvalue weighted by Crippen LogP contribution is 2.28. The molecular formula is C7H15Si. The largest absolute Gasteiger partial charge is 0.103 e. The van der Waals surface area contributed by atoms with E-state index in [4.69, 9.17) is 0 Å². The molecule has 1 radical (unpaired) electrons. The van der Waals surface area contributed by atoms with E-state index in [-0.39, 0.29) is 8.80 Å². The fourth-order valence-corrected chi connectivity index (χ4v) is 0.612. The monoisotopic (exact) mass is 127 g/mol. The number of hydrogen-bond acceptors (Lipinski definition) is 0. The van der Waals surface area contributed by atoms with Crippen LogP contribution in [-0.2, 0) is 0 Å². The molecule has 8 heavy (non-hydrogen) atoms. The normalized spacial score (nSPS) is 12.1. The fourth-order valence-electron chi connectivity index (χ4n) is 0.204. The van der Waals surface area contributed by atoms with Crippen molar-refractivity contribution in [2.24, 2.45) is 0 Å². The molecule has 0 saturated heterocycles. The summed E-state index contributed by atoms with van der Waals surface area (Å²) in [4.78, 5) is 0. The zero-order chi connectivity index (χ0) is 6.78. The standard InChI is InChI=1S/C7H15Si/c1-6-7(2,3)8(4)5/h6H,1H2,2-5H3. The molecule has 0 spiro atoms. The minimum absolute atomic E-state index is 0.180. The highest BCUT2D eigenvalue weighted by atomic mass is 28.3. The van der Waals surface area contributed by atoms with Gasteiger partial charge in [-0.1, -0.05) is 33.0 Å². The van der Waals surface area contributed by atoms with Gasteiger partial charge in [-0.25, -0.2) is 0 Å². The molecule has 0 heterocycles. The Bertz CT molecular complexity index is 82.4. The third-order valence-corrected chi connectivity index (χ3v) is 4.58. The van der Waals surface area contributed by atoms with Crippen molar-refractivity contribution in [2.75, 3.05) is 0 Å². The predicted molar refractivity (Wildman–Crippen MR) is 41.7 cm³/mol. The SMILES string of the molecule is C=CC(C)(C)[Si](C)C.